The fourth-order valence-electron chi connectivity index (χ4n) is 5.27. The Morgan fingerprint density at radius 3 is 1.20 bits per heavy atom. The second-order valence-corrected chi connectivity index (χ2v) is 12.0. The molecule has 0 spiro atoms. The van der Waals surface area contributed by atoms with Crippen molar-refractivity contribution in [1.82, 2.24) is 9.97 Å². The van der Waals surface area contributed by atoms with Crippen molar-refractivity contribution >= 4 is 46.4 Å². The van der Waals surface area contributed by atoms with Crippen LogP contribution in [0.5, 0.6) is 0 Å². The standard InChI is InChI=1S/2C18H18N.2ClH.Zr/c2*1-18(2,3)16-8-6-7-13-14(16)10-11-15(13)17-9-4-5-12-19-17;;;/h2*4-12H,1-3H3;2*1H;/q2*-1;;;+2. The first kappa shape index (κ1) is 34.6. The molecule has 0 radical (unpaired) electrons. The van der Waals surface area contributed by atoms with Gasteiger partial charge in [-0.2, -0.15) is 0 Å². The Bertz CT molecular complexity index is 1540. The largest absolute Gasteiger partial charge is 2.00 e. The maximum Gasteiger partial charge on any atom is 2.00 e. The number of aromatic nitrogens is 2. The summed E-state index contributed by atoms with van der Waals surface area (Å²) in [5.41, 5.74) is 7.65. The molecular formula is C36H38Cl2N2Zr. The van der Waals surface area contributed by atoms with Gasteiger partial charge in [-0.25, -0.2) is 0 Å². The average molecular weight is 661 g/mol. The molecule has 0 saturated heterocycles. The van der Waals surface area contributed by atoms with Gasteiger partial charge in [0.2, 0.25) is 0 Å². The van der Waals surface area contributed by atoms with E-state index in [1.54, 1.807) is 0 Å². The molecule has 0 aliphatic carbocycles. The molecule has 0 fully saturated rings. The predicted octanol–water partition coefficient (Wildman–Crippen LogP) is 10.7. The molecule has 0 aliphatic rings. The topological polar surface area (TPSA) is 25.8 Å². The molecular weight excluding hydrogens is 623 g/mol. The summed E-state index contributed by atoms with van der Waals surface area (Å²) in [6.07, 6.45) is 3.70. The van der Waals surface area contributed by atoms with E-state index in [1.807, 2.05) is 36.7 Å². The van der Waals surface area contributed by atoms with Crippen LogP contribution in [0.25, 0.3) is 44.1 Å². The molecule has 0 N–H and O–H groups in total. The molecule has 6 rings (SSSR count). The van der Waals surface area contributed by atoms with E-state index >= 15 is 0 Å². The van der Waals surface area contributed by atoms with Crippen molar-refractivity contribution < 1.29 is 26.2 Å². The van der Waals surface area contributed by atoms with Gasteiger partial charge in [0.05, 0.1) is 0 Å². The molecule has 0 amide bonds. The van der Waals surface area contributed by atoms with Crippen LogP contribution in [-0.2, 0) is 37.0 Å². The zero-order valence-corrected chi connectivity index (χ0v) is 28.7. The van der Waals surface area contributed by atoms with Crippen molar-refractivity contribution in [3.05, 3.63) is 121 Å². The maximum atomic E-state index is 4.46. The van der Waals surface area contributed by atoms with Crippen LogP contribution in [0.4, 0.5) is 0 Å². The SMILES string of the molecule is CC(C)(C)c1cccc2c1cc[c-]2-c1ccccn1.CC(C)(C)c1cccc2c1cc[c-]2-c1ccccn1.Cl.Cl.[Zr+2]. The summed E-state index contributed by atoms with van der Waals surface area (Å²) < 4.78 is 0. The summed E-state index contributed by atoms with van der Waals surface area (Å²) in [5.74, 6) is 0. The zero-order valence-electron chi connectivity index (χ0n) is 24.6. The molecule has 4 aromatic carbocycles. The Balaban J connectivity index is 0.000000267. The second kappa shape index (κ2) is 14.1. The summed E-state index contributed by atoms with van der Waals surface area (Å²) in [5, 5.41) is 5.28. The van der Waals surface area contributed by atoms with E-state index < -0.39 is 0 Å². The van der Waals surface area contributed by atoms with Gasteiger partial charge in [-0.3, -0.25) is 9.97 Å². The van der Waals surface area contributed by atoms with Crippen molar-refractivity contribution in [2.75, 3.05) is 0 Å². The minimum absolute atomic E-state index is 0. The van der Waals surface area contributed by atoms with Crippen LogP contribution < -0.4 is 0 Å². The summed E-state index contributed by atoms with van der Waals surface area (Å²) >= 11 is 0. The van der Waals surface area contributed by atoms with E-state index in [0.29, 0.717) is 0 Å². The Kier molecular flexibility index (Phi) is 11.9. The van der Waals surface area contributed by atoms with Gasteiger partial charge < -0.3 is 0 Å². The summed E-state index contributed by atoms with van der Waals surface area (Å²) in [6, 6.07) is 34.1. The summed E-state index contributed by atoms with van der Waals surface area (Å²) in [4.78, 5) is 8.93. The summed E-state index contributed by atoms with van der Waals surface area (Å²) in [7, 11) is 0. The van der Waals surface area contributed by atoms with Crippen molar-refractivity contribution in [1.29, 1.82) is 0 Å². The Hall–Kier alpha value is -2.58. The van der Waals surface area contributed by atoms with Crippen molar-refractivity contribution in [3.63, 3.8) is 0 Å². The smallest absolute Gasteiger partial charge is 0.272 e. The number of pyridine rings is 2. The van der Waals surface area contributed by atoms with Crippen molar-refractivity contribution in [2.45, 2.75) is 52.4 Å². The predicted molar refractivity (Wildman–Crippen MR) is 177 cm³/mol. The van der Waals surface area contributed by atoms with Crippen molar-refractivity contribution in [2.24, 2.45) is 0 Å². The third-order valence-electron chi connectivity index (χ3n) is 7.12. The number of fused-ring (bicyclic) bond motifs is 2. The minimum Gasteiger partial charge on any atom is -0.272 e. The van der Waals surface area contributed by atoms with Crippen LogP contribution in [-0.4, -0.2) is 9.97 Å². The van der Waals surface area contributed by atoms with E-state index in [0.717, 1.165) is 11.4 Å². The number of hydrogen-bond donors (Lipinski definition) is 0. The Morgan fingerprint density at radius 2 is 0.878 bits per heavy atom. The van der Waals surface area contributed by atoms with Gasteiger partial charge >= 0.3 is 26.2 Å². The fraction of sp³-hybridized carbons (Fsp3) is 0.222. The van der Waals surface area contributed by atoms with Crippen LogP contribution >= 0.6 is 24.8 Å². The molecule has 0 bridgehead atoms. The number of halogens is 2. The first-order chi connectivity index (χ1) is 18.1. The second-order valence-electron chi connectivity index (χ2n) is 12.0. The van der Waals surface area contributed by atoms with Gasteiger partial charge in [-0.1, -0.05) is 124 Å². The van der Waals surface area contributed by atoms with Crippen LogP contribution in [0.3, 0.4) is 0 Å². The van der Waals surface area contributed by atoms with Gasteiger partial charge in [0, 0.05) is 23.8 Å². The molecule has 2 nitrogen and oxygen atoms in total. The van der Waals surface area contributed by atoms with Gasteiger partial charge in [-0.05, 0) is 10.8 Å². The monoisotopic (exact) mass is 658 g/mol. The average Bonchev–Trinajstić information content (AvgIpc) is 3.53. The maximum absolute atomic E-state index is 4.46. The number of rotatable bonds is 2. The van der Waals surface area contributed by atoms with Crippen LogP contribution in [0.2, 0.25) is 0 Å². The Labute approximate surface area is 276 Å². The third-order valence-corrected chi connectivity index (χ3v) is 7.12. The van der Waals surface area contributed by atoms with Crippen molar-refractivity contribution in [3.8, 4) is 22.5 Å². The van der Waals surface area contributed by atoms with Crippen LogP contribution in [0.15, 0.2) is 109 Å². The first-order valence-electron chi connectivity index (χ1n) is 13.4. The van der Waals surface area contributed by atoms with E-state index in [4.69, 9.17) is 0 Å². The molecule has 210 valence electrons. The normalized spacial score (nSPS) is 11.1. The van der Waals surface area contributed by atoms with E-state index in [1.165, 1.54) is 43.8 Å². The molecule has 6 aromatic rings. The number of hydrogen-bond acceptors (Lipinski definition) is 2. The van der Waals surface area contributed by atoms with Gasteiger partial charge in [0.1, 0.15) is 0 Å². The first-order valence-corrected chi connectivity index (χ1v) is 13.4. The molecule has 2 aromatic heterocycles. The zero-order chi connectivity index (χ0) is 26.9. The summed E-state index contributed by atoms with van der Waals surface area (Å²) in [6.45, 7) is 13.6. The quantitative estimate of drug-likeness (QED) is 0.173. The molecule has 0 atom stereocenters. The molecule has 0 saturated carbocycles. The molecule has 0 aliphatic heterocycles. The van der Waals surface area contributed by atoms with E-state index in [2.05, 4.69) is 124 Å². The molecule has 0 unspecified atom stereocenters. The van der Waals surface area contributed by atoms with E-state index in [9.17, 15) is 0 Å². The number of benzene rings is 2. The van der Waals surface area contributed by atoms with Crippen LogP contribution in [0, 0.1) is 0 Å². The van der Waals surface area contributed by atoms with E-state index in [-0.39, 0.29) is 61.8 Å². The third kappa shape index (κ3) is 7.44. The van der Waals surface area contributed by atoms with Gasteiger partial charge in [0.15, 0.2) is 0 Å². The Morgan fingerprint density at radius 1 is 0.488 bits per heavy atom. The molecule has 5 heteroatoms. The van der Waals surface area contributed by atoms with Crippen LogP contribution in [0.1, 0.15) is 52.7 Å². The number of nitrogens with zero attached hydrogens (tertiary/aromatic N) is 2. The molecule has 41 heavy (non-hydrogen) atoms. The van der Waals surface area contributed by atoms with Gasteiger partial charge in [0.25, 0.3) is 0 Å². The molecule has 2 heterocycles. The fourth-order valence-corrected chi connectivity index (χ4v) is 5.27. The van der Waals surface area contributed by atoms with Gasteiger partial charge in [-0.15, -0.1) is 82.8 Å². The minimum atomic E-state index is 0.